The average molecular weight is 374 g/mol. The summed E-state index contributed by atoms with van der Waals surface area (Å²) in [6.45, 7) is 6.85. The van der Waals surface area contributed by atoms with Crippen molar-refractivity contribution in [2.75, 3.05) is 5.33 Å². The molecule has 0 amide bonds. The SMILES string of the molecule is Cc1cc2c(cc1Br)[C@]1(C)CC[C@](CBr)(O2)C1C. The van der Waals surface area contributed by atoms with Crippen LogP contribution in [0.15, 0.2) is 16.6 Å². The second kappa shape index (κ2) is 3.99. The Morgan fingerprint density at radius 1 is 1.39 bits per heavy atom. The first-order valence-corrected chi connectivity index (χ1v) is 8.40. The van der Waals surface area contributed by atoms with Crippen molar-refractivity contribution in [2.24, 2.45) is 5.92 Å². The fraction of sp³-hybridized carbons (Fsp3) is 0.600. The quantitative estimate of drug-likeness (QED) is 0.631. The minimum atomic E-state index is -0.0119. The van der Waals surface area contributed by atoms with Gasteiger partial charge < -0.3 is 4.74 Å². The molecule has 1 aromatic rings. The summed E-state index contributed by atoms with van der Waals surface area (Å²) in [5.41, 5.74) is 2.86. The molecule has 1 fully saturated rings. The van der Waals surface area contributed by atoms with Gasteiger partial charge in [0.2, 0.25) is 0 Å². The van der Waals surface area contributed by atoms with Gasteiger partial charge in [0.05, 0.1) is 0 Å². The highest BCUT2D eigenvalue weighted by atomic mass is 79.9. The summed E-state index contributed by atoms with van der Waals surface area (Å²) in [5.74, 6) is 1.64. The van der Waals surface area contributed by atoms with Gasteiger partial charge in [0.1, 0.15) is 11.4 Å². The van der Waals surface area contributed by atoms with Gasteiger partial charge in [-0.05, 0) is 37.5 Å². The Labute approximate surface area is 126 Å². The summed E-state index contributed by atoms with van der Waals surface area (Å²) in [7, 11) is 0. The normalized spacial score (nSPS) is 37.3. The lowest BCUT2D eigenvalue weighted by Gasteiger charge is -2.45. The fourth-order valence-corrected chi connectivity index (χ4v) is 4.83. The van der Waals surface area contributed by atoms with E-state index in [0.717, 1.165) is 17.5 Å². The number of hydrogen-bond donors (Lipinski definition) is 0. The molecule has 18 heavy (non-hydrogen) atoms. The molecule has 1 saturated carbocycles. The Balaban J connectivity index is 2.22. The van der Waals surface area contributed by atoms with Gasteiger partial charge in [-0.3, -0.25) is 0 Å². The highest BCUT2D eigenvalue weighted by Crippen LogP contribution is 2.59. The van der Waals surface area contributed by atoms with Crippen LogP contribution in [0.2, 0.25) is 0 Å². The maximum absolute atomic E-state index is 6.41. The summed E-state index contributed by atoms with van der Waals surface area (Å²) in [6, 6.07) is 4.46. The van der Waals surface area contributed by atoms with Crippen LogP contribution < -0.4 is 4.74 Å². The first-order valence-electron chi connectivity index (χ1n) is 6.48. The molecule has 1 nitrogen and oxygen atoms in total. The van der Waals surface area contributed by atoms with Crippen LogP contribution >= 0.6 is 31.9 Å². The summed E-state index contributed by atoms with van der Waals surface area (Å²) in [4.78, 5) is 0. The van der Waals surface area contributed by atoms with Gasteiger partial charge >= 0.3 is 0 Å². The van der Waals surface area contributed by atoms with Crippen LogP contribution in [-0.2, 0) is 5.41 Å². The molecule has 0 spiro atoms. The molecule has 1 aliphatic carbocycles. The zero-order valence-electron chi connectivity index (χ0n) is 11.0. The van der Waals surface area contributed by atoms with E-state index in [1.165, 1.54) is 22.0 Å². The van der Waals surface area contributed by atoms with Crippen LogP contribution in [0.5, 0.6) is 5.75 Å². The Hall–Kier alpha value is -0.0200. The Morgan fingerprint density at radius 3 is 2.78 bits per heavy atom. The van der Waals surface area contributed by atoms with Crippen molar-refractivity contribution >= 4 is 31.9 Å². The highest BCUT2D eigenvalue weighted by molar-refractivity contribution is 9.10. The molecule has 3 heteroatoms. The molecule has 2 bridgehead atoms. The van der Waals surface area contributed by atoms with Gasteiger partial charge in [-0.2, -0.15) is 0 Å². The average Bonchev–Trinajstić information content (AvgIpc) is 2.52. The molecule has 1 unspecified atom stereocenters. The molecule has 2 aliphatic rings. The Morgan fingerprint density at radius 2 is 2.11 bits per heavy atom. The van der Waals surface area contributed by atoms with Crippen LogP contribution in [0.3, 0.4) is 0 Å². The van der Waals surface area contributed by atoms with Crippen LogP contribution in [0, 0.1) is 12.8 Å². The predicted octanol–water partition coefficient (Wildman–Crippen LogP) is 4.97. The topological polar surface area (TPSA) is 9.23 Å². The zero-order chi connectivity index (χ0) is 13.1. The summed E-state index contributed by atoms with van der Waals surface area (Å²) >= 11 is 7.32. The van der Waals surface area contributed by atoms with Crippen LogP contribution in [0.4, 0.5) is 0 Å². The third-order valence-corrected chi connectivity index (χ3v) is 7.03. The number of ether oxygens (including phenoxy) is 1. The van der Waals surface area contributed by atoms with E-state index in [-0.39, 0.29) is 11.0 Å². The van der Waals surface area contributed by atoms with Gasteiger partial charge in [0, 0.05) is 26.7 Å². The molecule has 98 valence electrons. The molecule has 1 heterocycles. The van der Waals surface area contributed by atoms with Crippen LogP contribution in [0.1, 0.15) is 37.8 Å². The predicted molar refractivity (Wildman–Crippen MR) is 81.8 cm³/mol. The highest BCUT2D eigenvalue weighted by Gasteiger charge is 2.58. The van der Waals surface area contributed by atoms with Gasteiger partial charge in [-0.15, -0.1) is 0 Å². The van der Waals surface area contributed by atoms with Crippen LogP contribution in [-0.4, -0.2) is 10.9 Å². The van der Waals surface area contributed by atoms with E-state index in [9.17, 15) is 0 Å². The van der Waals surface area contributed by atoms with E-state index in [0.29, 0.717) is 5.92 Å². The van der Waals surface area contributed by atoms with E-state index in [4.69, 9.17) is 4.74 Å². The van der Waals surface area contributed by atoms with Crippen molar-refractivity contribution in [3.8, 4) is 5.75 Å². The van der Waals surface area contributed by atoms with Crippen molar-refractivity contribution < 1.29 is 4.74 Å². The standard InChI is InChI=1S/C15H18Br2O/c1-9-6-13-11(7-12(9)17)14(3)4-5-15(8-16,18-13)10(14)2/h6-7,10H,4-5,8H2,1-3H3/t10?,14-,15-/m1/s1. The van der Waals surface area contributed by atoms with Crippen molar-refractivity contribution in [3.05, 3.63) is 27.7 Å². The van der Waals surface area contributed by atoms with E-state index in [1.54, 1.807) is 0 Å². The van der Waals surface area contributed by atoms with E-state index < -0.39 is 0 Å². The number of hydrogen-bond acceptors (Lipinski definition) is 1. The molecule has 1 aromatic carbocycles. The third-order valence-electron chi connectivity index (χ3n) is 5.23. The fourth-order valence-electron chi connectivity index (χ4n) is 3.61. The second-order valence-corrected chi connectivity index (χ2v) is 7.45. The lowest BCUT2D eigenvalue weighted by molar-refractivity contribution is 0.0271. The van der Waals surface area contributed by atoms with Crippen molar-refractivity contribution in [2.45, 2.75) is 44.6 Å². The van der Waals surface area contributed by atoms with Crippen LogP contribution in [0.25, 0.3) is 0 Å². The second-order valence-electron chi connectivity index (χ2n) is 6.04. The summed E-state index contributed by atoms with van der Waals surface area (Å²) in [5, 5.41) is 0.922. The lowest BCUT2D eigenvalue weighted by atomic mass is 9.70. The molecular weight excluding hydrogens is 356 g/mol. The maximum Gasteiger partial charge on any atom is 0.124 e. The Bertz CT molecular complexity index is 513. The number of alkyl halides is 1. The summed E-state index contributed by atoms with van der Waals surface area (Å²) in [6.07, 6.45) is 2.35. The molecule has 3 atom stereocenters. The minimum absolute atomic E-state index is 0.0119. The monoisotopic (exact) mass is 372 g/mol. The van der Waals surface area contributed by atoms with Gasteiger partial charge in [-0.25, -0.2) is 0 Å². The van der Waals surface area contributed by atoms with Gasteiger partial charge in [0.25, 0.3) is 0 Å². The molecular formula is C15H18Br2O. The van der Waals surface area contributed by atoms with Gasteiger partial charge in [-0.1, -0.05) is 45.7 Å². The van der Waals surface area contributed by atoms with Crippen molar-refractivity contribution in [3.63, 3.8) is 0 Å². The number of fused-ring (bicyclic) bond motifs is 4. The molecule has 3 rings (SSSR count). The van der Waals surface area contributed by atoms with Gasteiger partial charge in [0.15, 0.2) is 0 Å². The van der Waals surface area contributed by atoms with E-state index in [1.807, 2.05) is 0 Å². The zero-order valence-corrected chi connectivity index (χ0v) is 14.2. The Kier molecular flexibility index (Phi) is 2.88. The van der Waals surface area contributed by atoms with Crippen molar-refractivity contribution in [1.29, 1.82) is 0 Å². The number of halogens is 2. The number of rotatable bonds is 1. The van der Waals surface area contributed by atoms with E-state index in [2.05, 4.69) is 64.8 Å². The number of benzene rings is 1. The molecule has 0 N–H and O–H groups in total. The first kappa shape index (κ1) is 13.0. The molecule has 1 aliphatic heterocycles. The lowest BCUT2D eigenvalue weighted by Crippen LogP contribution is -2.49. The largest absolute Gasteiger partial charge is 0.486 e. The third kappa shape index (κ3) is 1.49. The number of aryl methyl sites for hydroxylation is 1. The molecule has 0 saturated heterocycles. The minimum Gasteiger partial charge on any atom is -0.486 e. The summed E-state index contributed by atoms with van der Waals surface area (Å²) < 4.78 is 7.60. The smallest absolute Gasteiger partial charge is 0.124 e. The first-order chi connectivity index (χ1) is 8.43. The molecule has 0 radical (unpaired) electrons. The maximum atomic E-state index is 6.41. The van der Waals surface area contributed by atoms with Crippen molar-refractivity contribution in [1.82, 2.24) is 0 Å². The molecule has 0 aromatic heterocycles. The van der Waals surface area contributed by atoms with E-state index >= 15 is 0 Å².